The van der Waals surface area contributed by atoms with E-state index in [9.17, 15) is 0 Å². The average Bonchev–Trinajstić information content (AvgIpc) is 3.10. The Morgan fingerprint density at radius 1 is 0.889 bits per heavy atom. The van der Waals surface area contributed by atoms with Crippen LogP contribution in [0.3, 0.4) is 0 Å². The van der Waals surface area contributed by atoms with Crippen LogP contribution in [0.15, 0.2) is 89.2 Å². The molecule has 0 aliphatic heterocycles. The molecule has 5 heteroatoms. The van der Waals surface area contributed by atoms with Crippen molar-refractivity contribution in [3.63, 3.8) is 0 Å². The van der Waals surface area contributed by atoms with Gasteiger partial charge in [-0.2, -0.15) is 0 Å². The molecule has 4 aromatic rings. The van der Waals surface area contributed by atoms with Crippen molar-refractivity contribution in [3.8, 4) is 17.0 Å². The largest absolute Gasteiger partial charge is 0.491 e. The third-order valence-electron chi connectivity index (χ3n) is 4.13. The first kappa shape index (κ1) is 17.0. The van der Waals surface area contributed by atoms with Gasteiger partial charge in [-0.1, -0.05) is 55.5 Å². The van der Waals surface area contributed by atoms with Crippen LogP contribution in [0, 0.1) is 0 Å². The third-order valence-corrected chi connectivity index (χ3v) is 4.13. The number of azo groups is 1. The highest BCUT2D eigenvalue weighted by Crippen LogP contribution is 2.34. The van der Waals surface area contributed by atoms with Gasteiger partial charge >= 0.3 is 0 Å². The number of imidazole rings is 1. The number of aromatic nitrogens is 2. The SMILES string of the molecule is CCCOc1ccccc1N=Nc1c(-c2ccccc2)nc2ccccn12. The molecular formula is C22H20N4O. The third kappa shape index (κ3) is 3.58. The predicted octanol–water partition coefficient (Wildman–Crippen LogP) is 6.21. The molecule has 0 spiro atoms. The number of hydrogen-bond acceptors (Lipinski definition) is 4. The van der Waals surface area contributed by atoms with Gasteiger partial charge in [-0.05, 0) is 30.7 Å². The zero-order chi connectivity index (χ0) is 18.5. The molecule has 0 aliphatic rings. The molecule has 0 aliphatic carbocycles. The van der Waals surface area contributed by atoms with E-state index in [4.69, 9.17) is 9.72 Å². The fourth-order valence-corrected chi connectivity index (χ4v) is 2.84. The summed E-state index contributed by atoms with van der Waals surface area (Å²) in [6.45, 7) is 2.73. The Kier molecular flexibility index (Phi) is 4.92. The smallest absolute Gasteiger partial charge is 0.187 e. The zero-order valence-corrected chi connectivity index (χ0v) is 15.1. The number of hydrogen-bond donors (Lipinski definition) is 0. The molecule has 27 heavy (non-hydrogen) atoms. The molecule has 0 fully saturated rings. The van der Waals surface area contributed by atoms with Crippen molar-refractivity contribution in [2.75, 3.05) is 6.61 Å². The number of ether oxygens (including phenoxy) is 1. The van der Waals surface area contributed by atoms with Crippen LogP contribution < -0.4 is 4.74 Å². The van der Waals surface area contributed by atoms with Gasteiger partial charge in [-0.25, -0.2) is 4.98 Å². The topological polar surface area (TPSA) is 51.2 Å². The molecule has 0 radical (unpaired) electrons. The van der Waals surface area contributed by atoms with E-state index in [1.165, 1.54) is 0 Å². The second-order valence-electron chi connectivity index (χ2n) is 6.10. The molecule has 0 N–H and O–H groups in total. The number of pyridine rings is 1. The standard InChI is InChI=1S/C22H20N4O/c1-2-16-27-19-13-7-6-12-18(19)24-25-22-21(17-10-4-3-5-11-17)23-20-14-8-9-15-26(20)22/h3-15H,2,16H2,1H3. The first-order valence-electron chi connectivity index (χ1n) is 9.03. The Hall–Kier alpha value is -3.47. The molecular weight excluding hydrogens is 336 g/mol. The predicted molar refractivity (Wildman–Crippen MR) is 107 cm³/mol. The summed E-state index contributed by atoms with van der Waals surface area (Å²) in [7, 11) is 0. The Labute approximate surface area is 158 Å². The molecule has 2 aromatic heterocycles. The molecule has 2 heterocycles. The summed E-state index contributed by atoms with van der Waals surface area (Å²) >= 11 is 0. The first-order chi connectivity index (χ1) is 13.4. The van der Waals surface area contributed by atoms with E-state index in [0.29, 0.717) is 18.1 Å². The minimum absolute atomic E-state index is 0.650. The lowest BCUT2D eigenvalue weighted by atomic mass is 10.1. The fraction of sp³-hybridized carbons (Fsp3) is 0.136. The van der Waals surface area contributed by atoms with Gasteiger partial charge in [0.05, 0.1) is 6.61 Å². The van der Waals surface area contributed by atoms with Crippen LogP contribution in [0.25, 0.3) is 16.9 Å². The molecule has 0 saturated carbocycles. The Balaban J connectivity index is 1.79. The van der Waals surface area contributed by atoms with E-state index in [1.807, 2.05) is 83.4 Å². The first-order valence-corrected chi connectivity index (χ1v) is 9.03. The summed E-state index contributed by atoms with van der Waals surface area (Å²) in [6, 6.07) is 23.6. The second-order valence-corrected chi connectivity index (χ2v) is 6.10. The lowest BCUT2D eigenvalue weighted by Gasteiger charge is -2.06. The molecule has 5 nitrogen and oxygen atoms in total. The number of rotatable bonds is 6. The Morgan fingerprint density at radius 2 is 1.67 bits per heavy atom. The van der Waals surface area contributed by atoms with Crippen LogP contribution in [0.4, 0.5) is 11.5 Å². The van der Waals surface area contributed by atoms with Crippen LogP contribution >= 0.6 is 0 Å². The number of nitrogens with zero attached hydrogens (tertiary/aromatic N) is 4. The van der Waals surface area contributed by atoms with Gasteiger partial charge in [0, 0.05) is 11.8 Å². The second kappa shape index (κ2) is 7.83. The van der Waals surface area contributed by atoms with E-state index in [0.717, 1.165) is 29.1 Å². The van der Waals surface area contributed by atoms with Crippen LogP contribution in [-0.2, 0) is 0 Å². The van der Waals surface area contributed by atoms with Crippen molar-refractivity contribution in [2.24, 2.45) is 10.2 Å². The maximum absolute atomic E-state index is 5.78. The van der Waals surface area contributed by atoms with Gasteiger partial charge in [0.2, 0.25) is 0 Å². The van der Waals surface area contributed by atoms with Gasteiger partial charge in [-0.15, -0.1) is 10.2 Å². The normalized spacial score (nSPS) is 11.3. The molecule has 134 valence electrons. The highest BCUT2D eigenvalue weighted by atomic mass is 16.5. The van der Waals surface area contributed by atoms with Crippen molar-refractivity contribution in [2.45, 2.75) is 13.3 Å². The summed E-state index contributed by atoms with van der Waals surface area (Å²) in [5.74, 6) is 1.43. The summed E-state index contributed by atoms with van der Waals surface area (Å²) in [6.07, 6.45) is 2.89. The highest BCUT2D eigenvalue weighted by Gasteiger charge is 2.13. The quantitative estimate of drug-likeness (QED) is 0.386. The zero-order valence-electron chi connectivity index (χ0n) is 15.1. The molecule has 0 amide bonds. The minimum atomic E-state index is 0.650. The van der Waals surface area contributed by atoms with Crippen LogP contribution in [0.1, 0.15) is 13.3 Å². The number of para-hydroxylation sites is 1. The minimum Gasteiger partial charge on any atom is -0.491 e. The van der Waals surface area contributed by atoms with Gasteiger partial charge in [0.1, 0.15) is 22.8 Å². The summed E-state index contributed by atoms with van der Waals surface area (Å²) in [5, 5.41) is 9.03. The van der Waals surface area contributed by atoms with E-state index in [1.54, 1.807) is 0 Å². The Morgan fingerprint density at radius 3 is 2.52 bits per heavy atom. The van der Waals surface area contributed by atoms with Crippen molar-refractivity contribution < 1.29 is 4.74 Å². The number of benzene rings is 2. The Bertz CT molecular complexity index is 1070. The van der Waals surface area contributed by atoms with Crippen LogP contribution in [0.5, 0.6) is 5.75 Å². The monoisotopic (exact) mass is 356 g/mol. The molecule has 4 rings (SSSR count). The van der Waals surface area contributed by atoms with Gasteiger partial charge in [-0.3, -0.25) is 4.40 Å². The average molecular weight is 356 g/mol. The van der Waals surface area contributed by atoms with Crippen molar-refractivity contribution >= 4 is 17.2 Å². The van der Waals surface area contributed by atoms with Gasteiger partial charge in [0.25, 0.3) is 0 Å². The van der Waals surface area contributed by atoms with Crippen molar-refractivity contribution in [1.29, 1.82) is 0 Å². The van der Waals surface area contributed by atoms with Crippen molar-refractivity contribution in [1.82, 2.24) is 9.38 Å². The maximum Gasteiger partial charge on any atom is 0.187 e. The number of fused-ring (bicyclic) bond motifs is 1. The lowest BCUT2D eigenvalue weighted by Crippen LogP contribution is -1.94. The molecule has 0 atom stereocenters. The molecule has 2 aromatic carbocycles. The summed E-state index contributed by atoms with van der Waals surface area (Å²) < 4.78 is 7.73. The summed E-state index contributed by atoms with van der Waals surface area (Å²) in [4.78, 5) is 4.75. The van der Waals surface area contributed by atoms with E-state index < -0.39 is 0 Å². The highest BCUT2D eigenvalue weighted by molar-refractivity contribution is 5.74. The van der Waals surface area contributed by atoms with Crippen molar-refractivity contribution in [3.05, 3.63) is 79.0 Å². The molecule has 0 unspecified atom stereocenters. The van der Waals surface area contributed by atoms with E-state index >= 15 is 0 Å². The maximum atomic E-state index is 5.78. The lowest BCUT2D eigenvalue weighted by molar-refractivity contribution is 0.318. The van der Waals surface area contributed by atoms with Gasteiger partial charge < -0.3 is 4.74 Å². The molecule has 0 saturated heterocycles. The van der Waals surface area contributed by atoms with Crippen LogP contribution in [-0.4, -0.2) is 16.0 Å². The van der Waals surface area contributed by atoms with Gasteiger partial charge in [0.15, 0.2) is 5.82 Å². The summed E-state index contributed by atoms with van der Waals surface area (Å²) in [5.41, 5.74) is 3.35. The van der Waals surface area contributed by atoms with E-state index in [-0.39, 0.29) is 0 Å². The molecule has 0 bridgehead atoms. The van der Waals surface area contributed by atoms with Crippen LogP contribution in [0.2, 0.25) is 0 Å². The van der Waals surface area contributed by atoms with E-state index in [2.05, 4.69) is 17.2 Å². The fourth-order valence-electron chi connectivity index (χ4n) is 2.84.